The summed E-state index contributed by atoms with van der Waals surface area (Å²) in [5, 5.41) is 21.6. The van der Waals surface area contributed by atoms with Gasteiger partial charge < -0.3 is 9.47 Å². The molecule has 1 unspecified atom stereocenters. The molecule has 4 rings (SSSR count). The molecule has 0 heterocycles. The van der Waals surface area contributed by atoms with Gasteiger partial charge in [0.2, 0.25) is 0 Å². The maximum absolute atomic E-state index is 10.8. The van der Waals surface area contributed by atoms with E-state index in [9.17, 15) is 20.2 Å². The fourth-order valence-corrected chi connectivity index (χ4v) is 3.64. The molecule has 0 aromatic heterocycles. The lowest BCUT2D eigenvalue weighted by Crippen LogP contribution is -1.99. The molecule has 0 aliphatic carbocycles. The van der Waals surface area contributed by atoms with Gasteiger partial charge in [0.25, 0.3) is 11.4 Å². The smallest absolute Gasteiger partial charge is 0.269 e. The third-order valence-electron chi connectivity index (χ3n) is 5.43. The van der Waals surface area contributed by atoms with E-state index in [4.69, 9.17) is 9.47 Å². The van der Waals surface area contributed by atoms with Crippen molar-refractivity contribution >= 4 is 11.4 Å². The average molecular weight is 470 g/mol. The molecule has 0 fully saturated rings. The molecular formula is C27H22N2O6. The molecule has 0 saturated carbocycles. The first-order valence-corrected chi connectivity index (χ1v) is 10.9. The summed E-state index contributed by atoms with van der Waals surface area (Å²) in [4.78, 5) is 20.7. The van der Waals surface area contributed by atoms with Crippen molar-refractivity contribution in [3.63, 3.8) is 0 Å². The Morgan fingerprint density at radius 2 is 1.14 bits per heavy atom. The molecule has 0 amide bonds. The summed E-state index contributed by atoms with van der Waals surface area (Å²) >= 11 is 0. The van der Waals surface area contributed by atoms with Gasteiger partial charge in [-0.15, -0.1) is 0 Å². The Hall–Kier alpha value is -4.72. The normalized spacial score (nSPS) is 11.5. The minimum atomic E-state index is -0.447. The second-order valence-corrected chi connectivity index (χ2v) is 8.03. The van der Waals surface area contributed by atoms with Crippen molar-refractivity contribution in [2.45, 2.75) is 19.3 Å². The molecule has 0 N–H and O–H groups in total. The van der Waals surface area contributed by atoms with E-state index in [-0.39, 0.29) is 17.3 Å². The maximum Gasteiger partial charge on any atom is 0.269 e. The minimum Gasteiger partial charge on any atom is -0.457 e. The van der Waals surface area contributed by atoms with Crippen LogP contribution in [0.5, 0.6) is 23.0 Å². The van der Waals surface area contributed by atoms with Gasteiger partial charge in [0.15, 0.2) is 0 Å². The maximum atomic E-state index is 10.8. The van der Waals surface area contributed by atoms with Crippen LogP contribution >= 0.6 is 0 Å². The summed E-state index contributed by atoms with van der Waals surface area (Å²) in [5.41, 5.74) is 2.20. The van der Waals surface area contributed by atoms with Crippen molar-refractivity contribution in [3.05, 3.63) is 128 Å². The van der Waals surface area contributed by atoms with E-state index in [2.05, 4.69) is 6.92 Å². The molecule has 1 atom stereocenters. The molecular weight excluding hydrogens is 448 g/mol. The van der Waals surface area contributed by atoms with Gasteiger partial charge in [-0.05, 0) is 72.0 Å². The van der Waals surface area contributed by atoms with Gasteiger partial charge in [-0.25, -0.2) is 0 Å². The van der Waals surface area contributed by atoms with Crippen LogP contribution in [-0.4, -0.2) is 9.85 Å². The Labute approximate surface area is 201 Å². The molecule has 0 aliphatic rings. The summed E-state index contributed by atoms with van der Waals surface area (Å²) in [6, 6.07) is 27.4. The molecule has 0 spiro atoms. The number of hydrogen-bond donors (Lipinski definition) is 0. The topological polar surface area (TPSA) is 105 Å². The second kappa shape index (κ2) is 10.5. The van der Waals surface area contributed by atoms with Gasteiger partial charge in [-0.1, -0.05) is 31.2 Å². The van der Waals surface area contributed by atoms with Crippen LogP contribution in [0.15, 0.2) is 97.1 Å². The lowest BCUT2D eigenvalue weighted by Gasteiger charge is -2.15. The number of nitrogens with zero attached hydrogens (tertiary/aromatic N) is 2. The average Bonchev–Trinajstić information content (AvgIpc) is 2.85. The summed E-state index contributed by atoms with van der Waals surface area (Å²) < 4.78 is 11.7. The van der Waals surface area contributed by atoms with E-state index >= 15 is 0 Å². The zero-order chi connectivity index (χ0) is 24.8. The van der Waals surface area contributed by atoms with Gasteiger partial charge in [0.1, 0.15) is 23.0 Å². The monoisotopic (exact) mass is 470 g/mol. The highest BCUT2D eigenvalue weighted by Crippen LogP contribution is 2.30. The van der Waals surface area contributed by atoms with Gasteiger partial charge in [0.05, 0.1) is 9.85 Å². The van der Waals surface area contributed by atoms with Crippen molar-refractivity contribution in [1.82, 2.24) is 0 Å². The first-order chi connectivity index (χ1) is 16.9. The molecule has 0 radical (unpaired) electrons. The second-order valence-electron chi connectivity index (χ2n) is 8.03. The highest BCUT2D eigenvalue weighted by Gasteiger charge is 2.11. The van der Waals surface area contributed by atoms with Crippen LogP contribution in [0.2, 0.25) is 0 Å². The minimum absolute atomic E-state index is 0.0134. The van der Waals surface area contributed by atoms with Crippen molar-refractivity contribution < 1.29 is 19.3 Å². The van der Waals surface area contributed by atoms with Crippen LogP contribution in [0, 0.1) is 20.2 Å². The molecule has 176 valence electrons. The molecule has 8 nitrogen and oxygen atoms in total. The fraction of sp³-hybridized carbons (Fsp3) is 0.111. The number of non-ortho nitro benzene ring substituents is 2. The van der Waals surface area contributed by atoms with Gasteiger partial charge in [0, 0.05) is 24.3 Å². The van der Waals surface area contributed by atoms with E-state index in [1.54, 1.807) is 24.3 Å². The SMILES string of the molecule is CC(Cc1cccc(Oc2ccc([N+](=O)[O-])cc2)c1)c1cccc(Oc2ccc([N+](=O)[O-])cc2)c1. The molecule has 0 aliphatic heterocycles. The molecule has 0 bridgehead atoms. The van der Waals surface area contributed by atoms with Crippen LogP contribution in [0.25, 0.3) is 0 Å². The van der Waals surface area contributed by atoms with Gasteiger partial charge in [-0.3, -0.25) is 20.2 Å². The first-order valence-electron chi connectivity index (χ1n) is 10.9. The predicted octanol–water partition coefficient (Wildman–Crippen LogP) is 7.43. The van der Waals surface area contributed by atoms with E-state index in [1.807, 2.05) is 48.5 Å². The number of nitro groups is 2. The van der Waals surface area contributed by atoms with E-state index in [1.165, 1.54) is 24.3 Å². The Morgan fingerprint density at radius 1 is 0.657 bits per heavy atom. The lowest BCUT2D eigenvalue weighted by molar-refractivity contribution is -0.385. The number of benzene rings is 4. The largest absolute Gasteiger partial charge is 0.457 e. The Kier molecular flexibility index (Phi) is 7.02. The van der Waals surface area contributed by atoms with Crippen molar-refractivity contribution in [1.29, 1.82) is 0 Å². The van der Waals surface area contributed by atoms with Gasteiger partial charge in [-0.2, -0.15) is 0 Å². The fourth-order valence-electron chi connectivity index (χ4n) is 3.64. The summed E-state index contributed by atoms with van der Waals surface area (Å²) in [5.74, 6) is 2.54. The zero-order valence-corrected chi connectivity index (χ0v) is 18.9. The van der Waals surface area contributed by atoms with E-state index in [0.717, 1.165) is 17.5 Å². The molecule has 8 heteroatoms. The highest BCUT2D eigenvalue weighted by atomic mass is 16.6. The summed E-state index contributed by atoms with van der Waals surface area (Å²) in [6.45, 7) is 2.12. The van der Waals surface area contributed by atoms with Gasteiger partial charge >= 0.3 is 0 Å². The number of ether oxygens (including phenoxy) is 2. The van der Waals surface area contributed by atoms with Crippen LogP contribution < -0.4 is 9.47 Å². The van der Waals surface area contributed by atoms with Crippen LogP contribution in [0.3, 0.4) is 0 Å². The van der Waals surface area contributed by atoms with E-state index in [0.29, 0.717) is 23.0 Å². The highest BCUT2D eigenvalue weighted by molar-refractivity contribution is 5.41. The molecule has 4 aromatic carbocycles. The Bertz CT molecular complexity index is 1340. The predicted molar refractivity (Wildman–Crippen MR) is 131 cm³/mol. The van der Waals surface area contributed by atoms with Crippen molar-refractivity contribution in [2.24, 2.45) is 0 Å². The zero-order valence-electron chi connectivity index (χ0n) is 18.9. The summed E-state index contributed by atoms with van der Waals surface area (Å²) in [7, 11) is 0. The van der Waals surface area contributed by atoms with Crippen LogP contribution in [0.1, 0.15) is 24.0 Å². The van der Waals surface area contributed by atoms with Crippen molar-refractivity contribution in [2.75, 3.05) is 0 Å². The number of rotatable bonds is 9. The first kappa shape index (κ1) is 23.4. The quantitative estimate of drug-likeness (QED) is 0.186. The third-order valence-corrected chi connectivity index (χ3v) is 5.43. The third kappa shape index (κ3) is 6.20. The number of hydrogen-bond acceptors (Lipinski definition) is 6. The Balaban J connectivity index is 1.41. The van der Waals surface area contributed by atoms with Crippen molar-refractivity contribution in [3.8, 4) is 23.0 Å². The van der Waals surface area contributed by atoms with Crippen LogP contribution in [0.4, 0.5) is 11.4 Å². The Morgan fingerprint density at radius 3 is 1.66 bits per heavy atom. The van der Waals surface area contributed by atoms with E-state index < -0.39 is 9.85 Å². The number of nitro benzene ring substituents is 2. The molecule has 0 saturated heterocycles. The lowest BCUT2D eigenvalue weighted by atomic mass is 9.93. The molecule has 35 heavy (non-hydrogen) atoms. The molecule has 4 aromatic rings. The van der Waals surface area contributed by atoms with Crippen LogP contribution in [-0.2, 0) is 6.42 Å². The summed E-state index contributed by atoms with van der Waals surface area (Å²) in [6.07, 6.45) is 0.762. The standard InChI is InChI=1S/C27H22N2O6/c1-19(21-5-3-7-27(18-21)35-25-14-10-23(11-15-25)29(32)33)16-20-4-2-6-26(17-20)34-24-12-8-22(9-13-24)28(30)31/h2-15,17-19H,16H2,1H3.